The van der Waals surface area contributed by atoms with E-state index >= 15 is 0 Å². The van der Waals surface area contributed by atoms with Gasteiger partial charge in [-0.25, -0.2) is 4.79 Å². The van der Waals surface area contributed by atoms with E-state index in [0.29, 0.717) is 17.5 Å². The van der Waals surface area contributed by atoms with E-state index in [0.717, 1.165) is 12.3 Å². The lowest BCUT2D eigenvalue weighted by molar-refractivity contribution is 0.0283. The number of esters is 1. The minimum absolute atomic E-state index is 0.183. The maximum atomic E-state index is 11.9. The number of ether oxygens (including phenoxy) is 1. The monoisotopic (exact) mass is 313 g/mol. The van der Waals surface area contributed by atoms with Crippen LogP contribution in [0.15, 0.2) is 18.2 Å². The second-order valence-corrected chi connectivity index (χ2v) is 8.03. The van der Waals surface area contributed by atoms with Gasteiger partial charge in [0.25, 0.3) is 0 Å². The third kappa shape index (κ3) is 2.40. The van der Waals surface area contributed by atoms with Crippen molar-refractivity contribution in [3.8, 4) is 0 Å². The van der Waals surface area contributed by atoms with Crippen molar-refractivity contribution in [2.45, 2.75) is 51.0 Å². The molecule has 3 aliphatic rings. The zero-order valence-corrected chi connectivity index (χ0v) is 14.5. The van der Waals surface area contributed by atoms with Gasteiger partial charge in [0.1, 0.15) is 0 Å². The summed E-state index contributed by atoms with van der Waals surface area (Å²) >= 11 is 0. The Morgan fingerprint density at radius 3 is 2.87 bits per heavy atom. The molecular weight excluding hydrogens is 286 g/mol. The highest BCUT2D eigenvalue weighted by Gasteiger charge is 2.49. The van der Waals surface area contributed by atoms with E-state index in [2.05, 4.69) is 30.9 Å². The third-order valence-electron chi connectivity index (χ3n) is 6.73. The summed E-state index contributed by atoms with van der Waals surface area (Å²) in [6, 6.07) is 6.86. The summed E-state index contributed by atoms with van der Waals surface area (Å²) in [5, 5.41) is 0. The zero-order valence-electron chi connectivity index (χ0n) is 14.5. The second kappa shape index (κ2) is 5.34. The van der Waals surface area contributed by atoms with Crippen LogP contribution in [0.25, 0.3) is 0 Å². The third-order valence-corrected chi connectivity index (χ3v) is 6.73. The average molecular weight is 313 g/mol. The topological polar surface area (TPSA) is 29.5 Å². The fraction of sp³-hybridized carbons (Fsp3) is 0.650. The van der Waals surface area contributed by atoms with Crippen LogP contribution in [0.1, 0.15) is 54.6 Å². The molecule has 0 spiro atoms. The number of nitrogens with zero attached hydrogens (tertiary/aromatic N) is 1. The molecular formula is C20H27NO2. The van der Waals surface area contributed by atoms with Gasteiger partial charge < -0.3 is 4.74 Å². The highest BCUT2D eigenvalue weighted by molar-refractivity contribution is 5.89. The fourth-order valence-electron chi connectivity index (χ4n) is 4.81. The lowest BCUT2D eigenvalue weighted by atomic mass is 9.59. The van der Waals surface area contributed by atoms with Crippen LogP contribution in [-0.4, -0.2) is 37.1 Å². The number of likely N-dealkylation sites (tertiary alicyclic amines) is 1. The fourth-order valence-corrected chi connectivity index (χ4v) is 4.81. The molecule has 1 saturated carbocycles. The molecule has 0 aromatic heterocycles. The molecule has 0 amide bonds. The van der Waals surface area contributed by atoms with Gasteiger partial charge in [0.2, 0.25) is 0 Å². The normalized spacial score (nSPS) is 33.2. The number of fused-ring (bicyclic) bond motifs is 4. The number of benzene rings is 1. The molecule has 23 heavy (non-hydrogen) atoms. The Labute approximate surface area is 139 Å². The number of rotatable bonds is 3. The molecule has 0 radical (unpaired) electrons. The Kier molecular flexibility index (Phi) is 3.53. The molecule has 0 N–H and O–H groups in total. The summed E-state index contributed by atoms with van der Waals surface area (Å²) in [7, 11) is 1.46. The first-order valence-corrected chi connectivity index (χ1v) is 8.98. The Balaban J connectivity index is 1.70. The van der Waals surface area contributed by atoms with Crippen molar-refractivity contribution in [2.24, 2.45) is 11.8 Å². The van der Waals surface area contributed by atoms with Crippen LogP contribution >= 0.6 is 0 Å². The molecule has 3 heteroatoms. The van der Waals surface area contributed by atoms with E-state index < -0.39 is 0 Å². The standard InChI is InChI=1S/C20H27NO2/c1-13-18-11-15-6-7-16(19(22)23-3)10-17(15)20(13,2)8-9-21(18)12-14-4-5-14/h6-7,10,13-14,18H,4-5,8-9,11-12H2,1-3H3/t13?,18?,20-/m0/s1. The van der Waals surface area contributed by atoms with Gasteiger partial charge in [-0.05, 0) is 72.7 Å². The minimum atomic E-state index is -0.225. The number of carbonyl (C=O) groups excluding carboxylic acids is 1. The second-order valence-electron chi connectivity index (χ2n) is 8.03. The van der Waals surface area contributed by atoms with Crippen LogP contribution in [0.3, 0.4) is 0 Å². The van der Waals surface area contributed by atoms with Crippen molar-refractivity contribution in [3.63, 3.8) is 0 Å². The summed E-state index contributed by atoms with van der Waals surface area (Å²) in [6.45, 7) is 7.31. The molecule has 1 aromatic rings. The van der Waals surface area contributed by atoms with Crippen LogP contribution in [0, 0.1) is 11.8 Å². The highest BCUT2D eigenvalue weighted by atomic mass is 16.5. The van der Waals surface area contributed by atoms with E-state index in [1.807, 2.05) is 6.07 Å². The number of methoxy groups -OCH3 is 1. The predicted octanol–water partition coefficient (Wildman–Crippen LogP) is 3.41. The quantitative estimate of drug-likeness (QED) is 0.801. The molecule has 2 fully saturated rings. The van der Waals surface area contributed by atoms with Crippen molar-refractivity contribution in [3.05, 3.63) is 34.9 Å². The molecule has 4 rings (SSSR count). The maximum Gasteiger partial charge on any atom is 0.337 e. The average Bonchev–Trinajstić information content (AvgIpc) is 3.36. The molecule has 3 nitrogen and oxygen atoms in total. The summed E-state index contributed by atoms with van der Waals surface area (Å²) in [6.07, 6.45) is 5.16. The van der Waals surface area contributed by atoms with Crippen molar-refractivity contribution in [1.29, 1.82) is 0 Å². The lowest BCUT2D eigenvalue weighted by Crippen LogP contribution is -2.58. The SMILES string of the molecule is COC(=O)c1ccc2c(c1)[C@@]1(C)CCN(CC3CC3)C(C2)C1C. The Morgan fingerprint density at radius 1 is 1.39 bits per heavy atom. The van der Waals surface area contributed by atoms with Crippen molar-refractivity contribution in [1.82, 2.24) is 4.90 Å². The van der Waals surface area contributed by atoms with Crippen LogP contribution in [0.5, 0.6) is 0 Å². The smallest absolute Gasteiger partial charge is 0.337 e. The van der Waals surface area contributed by atoms with E-state index in [9.17, 15) is 4.79 Å². The molecule has 2 bridgehead atoms. The summed E-state index contributed by atoms with van der Waals surface area (Å²) in [4.78, 5) is 14.7. The highest BCUT2D eigenvalue weighted by Crippen LogP contribution is 2.49. The van der Waals surface area contributed by atoms with E-state index in [1.165, 1.54) is 50.6 Å². The Bertz CT molecular complexity index is 637. The van der Waals surface area contributed by atoms with Gasteiger partial charge in [-0.1, -0.05) is 19.9 Å². The Morgan fingerprint density at radius 2 is 2.17 bits per heavy atom. The van der Waals surface area contributed by atoms with Gasteiger partial charge >= 0.3 is 5.97 Å². The molecule has 1 aliphatic heterocycles. The van der Waals surface area contributed by atoms with Crippen LogP contribution in [-0.2, 0) is 16.6 Å². The molecule has 1 heterocycles. The van der Waals surface area contributed by atoms with Crippen molar-refractivity contribution >= 4 is 5.97 Å². The first kappa shape index (κ1) is 15.2. The first-order chi connectivity index (χ1) is 11.0. The zero-order chi connectivity index (χ0) is 16.2. The van der Waals surface area contributed by atoms with Gasteiger partial charge in [-0.3, -0.25) is 4.90 Å². The summed E-state index contributed by atoms with van der Waals surface area (Å²) < 4.78 is 4.91. The van der Waals surface area contributed by atoms with Gasteiger partial charge in [-0.15, -0.1) is 0 Å². The summed E-state index contributed by atoms with van der Waals surface area (Å²) in [5.74, 6) is 1.36. The van der Waals surface area contributed by atoms with Gasteiger partial charge in [0, 0.05) is 12.6 Å². The van der Waals surface area contributed by atoms with Crippen LogP contribution < -0.4 is 0 Å². The van der Waals surface area contributed by atoms with E-state index in [1.54, 1.807) is 0 Å². The van der Waals surface area contributed by atoms with Gasteiger partial charge in [0.15, 0.2) is 0 Å². The molecule has 2 unspecified atom stereocenters. The molecule has 124 valence electrons. The van der Waals surface area contributed by atoms with Crippen LogP contribution in [0.2, 0.25) is 0 Å². The number of carbonyl (C=O) groups is 1. The van der Waals surface area contributed by atoms with Gasteiger partial charge in [0.05, 0.1) is 12.7 Å². The molecule has 2 aliphatic carbocycles. The van der Waals surface area contributed by atoms with E-state index in [4.69, 9.17) is 4.74 Å². The van der Waals surface area contributed by atoms with Crippen molar-refractivity contribution < 1.29 is 9.53 Å². The molecule has 1 aromatic carbocycles. The van der Waals surface area contributed by atoms with E-state index in [-0.39, 0.29) is 11.4 Å². The van der Waals surface area contributed by atoms with Gasteiger partial charge in [-0.2, -0.15) is 0 Å². The summed E-state index contributed by atoms with van der Waals surface area (Å²) in [5.41, 5.74) is 3.69. The lowest BCUT2D eigenvalue weighted by Gasteiger charge is -2.55. The number of hydrogen-bond acceptors (Lipinski definition) is 3. The largest absolute Gasteiger partial charge is 0.465 e. The molecule has 3 atom stereocenters. The number of piperidine rings is 1. The predicted molar refractivity (Wildman–Crippen MR) is 90.7 cm³/mol. The molecule has 1 saturated heterocycles. The van der Waals surface area contributed by atoms with Crippen LogP contribution in [0.4, 0.5) is 0 Å². The minimum Gasteiger partial charge on any atom is -0.465 e. The van der Waals surface area contributed by atoms with Crippen molar-refractivity contribution in [2.75, 3.05) is 20.2 Å². The Hall–Kier alpha value is -1.35. The first-order valence-electron chi connectivity index (χ1n) is 8.98. The maximum absolute atomic E-state index is 11.9. The number of hydrogen-bond donors (Lipinski definition) is 0.